The highest BCUT2D eigenvalue weighted by Crippen LogP contribution is 2.12. The van der Waals surface area contributed by atoms with Crippen LogP contribution in [0.3, 0.4) is 0 Å². The van der Waals surface area contributed by atoms with Crippen molar-refractivity contribution in [3.63, 3.8) is 0 Å². The van der Waals surface area contributed by atoms with Gasteiger partial charge in [0.15, 0.2) is 5.78 Å². The van der Waals surface area contributed by atoms with Gasteiger partial charge in [0, 0.05) is 18.5 Å². The summed E-state index contributed by atoms with van der Waals surface area (Å²) >= 11 is 0. The highest BCUT2D eigenvalue weighted by atomic mass is 32.2. The van der Waals surface area contributed by atoms with Crippen LogP contribution in [0.1, 0.15) is 23.7 Å². The predicted molar refractivity (Wildman–Crippen MR) is 74.2 cm³/mol. The number of ketones is 1. The molecule has 0 fully saturated rings. The summed E-state index contributed by atoms with van der Waals surface area (Å²) in [6.07, 6.45) is 0.266. The minimum atomic E-state index is -3.87. The van der Waals surface area contributed by atoms with Crippen LogP contribution in [0.4, 0.5) is 0 Å². The molecule has 0 bridgehead atoms. The average molecular weight is 320 g/mol. The second kappa shape index (κ2) is 6.44. The summed E-state index contributed by atoms with van der Waals surface area (Å²) in [5.41, 5.74) is 0.293. The van der Waals surface area contributed by atoms with Crippen LogP contribution in [-0.2, 0) is 20.0 Å². The first-order chi connectivity index (χ1) is 9.15. The fourth-order valence-electron chi connectivity index (χ4n) is 1.44. The van der Waals surface area contributed by atoms with Gasteiger partial charge in [-0.1, -0.05) is 19.1 Å². The maximum absolute atomic E-state index is 11.9. The summed E-state index contributed by atoms with van der Waals surface area (Å²) in [5, 5.41) is 4.78. The van der Waals surface area contributed by atoms with Crippen LogP contribution in [0, 0.1) is 0 Å². The molecule has 0 aliphatic heterocycles. The monoisotopic (exact) mass is 320 g/mol. The Labute approximate surface area is 118 Å². The SMILES string of the molecule is CCC(=O)c1cccc(S(=O)(=O)NCCS(N)(=O)=O)c1. The topological polar surface area (TPSA) is 123 Å². The molecule has 0 unspecified atom stereocenters. The Hall–Kier alpha value is -1.29. The summed E-state index contributed by atoms with van der Waals surface area (Å²) < 4.78 is 47.4. The second-order valence-electron chi connectivity index (χ2n) is 4.07. The molecule has 0 aliphatic carbocycles. The number of nitrogens with two attached hydrogens (primary N) is 1. The summed E-state index contributed by atoms with van der Waals surface area (Å²) in [7, 11) is -7.60. The van der Waals surface area contributed by atoms with E-state index in [2.05, 4.69) is 4.72 Å². The van der Waals surface area contributed by atoms with Gasteiger partial charge >= 0.3 is 0 Å². The van der Waals surface area contributed by atoms with E-state index in [1.807, 2.05) is 0 Å². The minimum absolute atomic E-state index is 0.0915. The van der Waals surface area contributed by atoms with Crippen LogP contribution >= 0.6 is 0 Å². The fraction of sp³-hybridized carbons (Fsp3) is 0.364. The maximum atomic E-state index is 11.9. The lowest BCUT2D eigenvalue weighted by molar-refractivity contribution is 0.0988. The zero-order chi connectivity index (χ0) is 15.4. The smallest absolute Gasteiger partial charge is 0.240 e. The van der Waals surface area contributed by atoms with Gasteiger partial charge in [0.05, 0.1) is 10.6 Å². The number of hydrogen-bond donors (Lipinski definition) is 2. The van der Waals surface area contributed by atoms with Crippen molar-refractivity contribution in [2.24, 2.45) is 5.14 Å². The van der Waals surface area contributed by atoms with Gasteiger partial charge in [0.1, 0.15) is 0 Å². The summed E-state index contributed by atoms with van der Waals surface area (Å²) in [6.45, 7) is 1.35. The number of rotatable bonds is 7. The average Bonchev–Trinajstić information content (AvgIpc) is 2.36. The molecule has 1 aromatic rings. The van der Waals surface area contributed by atoms with Crippen LogP contribution < -0.4 is 9.86 Å². The molecular weight excluding hydrogens is 304 g/mol. The van der Waals surface area contributed by atoms with Gasteiger partial charge in [0.2, 0.25) is 20.0 Å². The zero-order valence-electron chi connectivity index (χ0n) is 10.9. The number of primary sulfonamides is 1. The van der Waals surface area contributed by atoms with Gasteiger partial charge in [-0.25, -0.2) is 26.7 Å². The third kappa shape index (κ3) is 5.00. The van der Waals surface area contributed by atoms with Crippen molar-refractivity contribution in [3.8, 4) is 0 Å². The Bertz CT molecular complexity index is 695. The number of Topliss-reactive ketones (excluding diaryl/α,β-unsaturated/α-hetero) is 1. The van der Waals surface area contributed by atoms with E-state index in [9.17, 15) is 21.6 Å². The molecular formula is C11H16N2O5S2. The van der Waals surface area contributed by atoms with Crippen LogP contribution in [0.25, 0.3) is 0 Å². The van der Waals surface area contributed by atoms with Gasteiger partial charge in [-0.15, -0.1) is 0 Å². The van der Waals surface area contributed by atoms with Crippen LogP contribution in [0.15, 0.2) is 29.2 Å². The molecule has 9 heteroatoms. The van der Waals surface area contributed by atoms with Crippen LogP contribution in [-0.4, -0.2) is 34.9 Å². The first-order valence-corrected chi connectivity index (χ1v) is 8.99. The first-order valence-electron chi connectivity index (χ1n) is 5.79. The Balaban J connectivity index is 2.90. The molecule has 1 aromatic carbocycles. The molecule has 3 N–H and O–H groups in total. The van der Waals surface area contributed by atoms with Gasteiger partial charge < -0.3 is 0 Å². The molecule has 0 spiro atoms. The van der Waals surface area contributed by atoms with Crippen LogP contribution in [0.2, 0.25) is 0 Å². The van der Waals surface area contributed by atoms with E-state index in [-0.39, 0.29) is 23.6 Å². The molecule has 0 radical (unpaired) electrons. The van der Waals surface area contributed by atoms with Gasteiger partial charge in [-0.05, 0) is 12.1 Å². The van der Waals surface area contributed by atoms with Crippen molar-refractivity contribution in [2.75, 3.05) is 12.3 Å². The number of nitrogens with one attached hydrogen (secondary N) is 1. The second-order valence-corrected chi connectivity index (χ2v) is 7.57. The van der Waals surface area contributed by atoms with E-state index in [1.165, 1.54) is 24.3 Å². The Morgan fingerprint density at radius 3 is 2.45 bits per heavy atom. The van der Waals surface area contributed by atoms with E-state index < -0.39 is 25.8 Å². The van der Waals surface area contributed by atoms with Gasteiger partial charge in [-0.3, -0.25) is 4.79 Å². The number of carbonyl (C=O) groups excluding carboxylic acids is 1. The van der Waals surface area contributed by atoms with E-state index in [0.717, 1.165) is 0 Å². The predicted octanol–water partition coefficient (Wildman–Crippen LogP) is -0.154. The molecule has 0 aromatic heterocycles. The lowest BCUT2D eigenvalue weighted by Gasteiger charge is -2.07. The van der Waals surface area contributed by atoms with Crippen molar-refractivity contribution in [2.45, 2.75) is 18.2 Å². The molecule has 0 aliphatic rings. The van der Waals surface area contributed by atoms with Crippen molar-refractivity contribution in [3.05, 3.63) is 29.8 Å². The molecule has 0 heterocycles. The molecule has 1 rings (SSSR count). The molecule has 0 saturated heterocycles. The van der Waals surface area contributed by atoms with Crippen molar-refractivity contribution in [1.29, 1.82) is 0 Å². The molecule has 7 nitrogen and oxygen atoms in total. The normalized spacial score (nSPS) is 12.3. The Morgan fingerprint density at radius 2 is 1.90 bits per heavy atom. The van der Waals surface area contributed by atoms with E-state index in [4.69, 9.17) is 5.14 Å². The zero-order valence-corrected chi connectivity index (χ0v) is 12.5. The fourth-order valence-corrected chi connectivity index (χ4v) is 3.04. The number of benzene rings is 1. The third-order valence-electron chi connectivity index (χ3n) is 2.47. The quantitative estimate of drug-likeness (QED) is 0.676. The minimum Gasteiger partial charge on any atom is -0.294 e. The van der Waals surface area contributed by atoms with Crippen molar-refractivity contribution < 1.29 is 21.6 Å². The molecule has 0 amide bonds. The number of carbonyl (C=O) groups is 1. The maximum Gasteiger partial charge on any atom is 0.240 e. The van der Waals surface area contributed by atoms with E-state index in [0.29, 0.717) is 5.56 Å². The lowest BCUT2D eigenvalue weighted by atomic mass is 10.1. The Morgan fingerprint density at radius 1 is 1.25 bits per heavy atom. The van der Waals surface area contributed by atoms with Crippen molar-refractivity contribution in [1.82, 2.24) is 4.72 Å². The molecule has 112 valence electrons. The number of hydrogen-bond acceptors (Lipinski definition) is 5. The third-order valence-corrected chi connectivity index (χ3v) is 4.70. The van der Waals surface area contributed by atoms with Gasteiger partial charge in [-0.2, -0.15) is 0 Å². The summed E-state index contributed by atoms with van der Waals surface area (Å²) in [5.74, 6) is -0.675. The molecule has 0 saturated carbocycles. The highest BCUT2D eigenvalue weighted by Gasteiger charge is 2.16. The lowest BCUT2D eigenvalue weighted by Crippen LogP contribution is -2.31. The van der Waals surface area contributed by atoms with Crippen LogP contribution in [0.5, 0.6) is 0 Å². The van der Waals surface area contributed by atoms with E-state index in [1.54, 1.807) is 6.92 Å². The van der Waals surface area contributed by atoms with Gasteiger partial charge in [0.25, 0.3) is 0 Å². The first kappa shape index (κ1) is 16.8. The molecule has 0 atom stereocenters. The standard InChI is InChI=1S/C11H16N2O5S2/c1-2-11(14)9-4-3-5-10(8-9)20(17,18)13-6-7-19(12,15)16/h3-5,8,13H,2,6-7H2,1H3,(H2,12,15,16). The molecule has 20 heavy (non-hydrogen) atoms. The summed E-state index contributed by atoms with van der Waals surface area (Å²) in [4.78, 5) is 11.4. The Kier molecular flexibility index (Phi) is 5.40. The van der Waals surface area contributed by atoms with E-state index >= 15 is 0 Å². The summed E-state index contributed by atoms with van der Waals surface area (Å²) in [6, 6.07) is 5.56. The highest BCUT2D eigenvalue weighted by molar-refractivity contribution is 7.90. The largest absolute Gasteiger partial charge is 0.294 e. The van der Waals surface area contributed by atoms with Crippen molar-refractivity contribution >= 4 is 25.8 Å². The number of sulfonamides is 2.